The van der Waals surface area contributed by atoms with Gasteiger partial charge < -0.3 is 14.8 Å². The van der Waals surface area contributed by atoms with Gasteiger partial charge in [-0.15, -0.1) is 0 Å². The van der Waals surface area contributed by atoms with Crippen LogP contribution in [0.25, 0.3) is 22.6 Å². The van der Waals surface area contributed by atoms with Gasteiger partial charge in [-0.1, -0.05) is 13.8 Å². The zero-order valence-corrected chi connectivity index (χ0v) is 15.9. The van der Waals surface area contributed by atoms with E-state index in [1.54, 1.807) is 19.5 Å². The number of halogens is 3. The monoisotopic (exact) mass is 408 g/mol. The molecule has 3 rings (SSSR count). The Morgan fingerprint density at radius 2 is 1.83 bits per heavy atom. The van der Waals surface area contributed by atoms with Crippen molar-refractivity contribution < 1.29 is 27.8 Å². The van der Waals surface area contributed by atoms with Gasteiger partial charge in [-0.05, 0) is 29.7 Å². The molecule has 0 aliphatic carbocycles. The maximum absolute atomic E-state index is 10.6. The summed E-state index contributed by atoms with van der Waals surface area (Å²) in [6.45, 7) is 4.26. The van der Waals surface area contributed by atoms with Crippen LogP contribution in [0.3, 0.4) is 0 Å². The Morgan fingerprint density at radius 3 is 2.38 bits per heavy atom. The summed E-state index contributed by atoms with van der Waals surface area (Å²) < 4.78 is 37.0. The van der Waals surface area contributed by atoms with Crippen LogP contribution in [0, 0.1) is 0 Å². The summed E-state index contributed by atoms with van der Waals surface area (Å²) >= 11 is 0. The molecular formula is C19H19F3N4O3. The number of methoxy groups -OCH3 is 1. The second-order valence-corrected chi connectivity index (χ2v) is 6.19. The van der Waals surface area contributed by atoms with Gasteiger partial charge in [0.15, 0.2) is 5.82 Å². The number of carboxylic acid groups (broad SMARTS) is 1. The van der Waals surface area contributed by atoms with E-state index in [1.165, 1.54) is 0 Å². The van der Waals surface area contributed by atoms with Gasteiger partial charge in [-0.3, -0.25) is 9.97 Å². The third-order valence-corrected chi connectivity index (χ3v) is 3.74. The molecular weight excluding hydrogens is 389 g/mol. The quantitative estimate of drug-likeness (QED) is 0.668. The molecule has 0 bridgehead atoms. The molecule has 0 fully saturated rings. The number of pyridine rings is 2. The second-order valence-electron chi connectivity index (χ2n) is 6.19. The van der Waals surface area contributed by atoms with Crippen LogP contribution < -0.4 is 4.74 Å². The minimum Gasteiger partial charge on any atom is -0.495 e. The first-order chi connectivity index (χ1) is 13.6. The lowest BCUT2D eigenvalue weighted by molar-refractivity contribution is -0.192. The van der Waals surface area contributed by atoms with Crippen LogP contribution in [-0.2, 0) is 4.79 Å². The number of alkyl halides is 3. The van der Waals surface area contributed by atoms with Crippen LogP contribution in [0.5, 0.6) is 5.75 Å². The molecule has 154 valence electrons. The summed E-state index contributed by atoms with van der Waals surface area (Å²) in [6.07, 6.45) is 2.06. The van der Waals surface area contributed by atoms with Crippen LogP contribution in [0.1, 0.15) is 25.5 Å². The van der Waals surface area contributed by atoms with Crippen LogP contribution in [0.4, 0.5) is 13.2 Å². The lowest BCUT2D eigenvalue weighted by Crippen LogP contribution is -2.21. The van der Waals surface area contributed by atoms with E-state index in [4.69, 9.17) is 14.6 Å². The minimum atomic E-state index is -5.08. The second kappa shape index (κ2) is 9.18. The Bertz CT molecular complexity index is 971. The van der Waals surface area contributed by atoms with Gasteiger partial charge in [-0.25, -0.2) is 9.78 Å². The fourth-order valence-electron chi connectivity index (χ4n) is 2.19. The Morgan fingerprint density at radius 1 is 1.14 bits per heavy atom. The first-order valence-electron chi connectivity index (χ1n) is 8.42. The molecule has 0 amide bonds. The molecule has 29 heavy (non-hydrogen) atoms. The summed E-state index contributed by atoms with van der Waals surface area (Å²) in [5.74, 6) is -0.836. The van der Waals surface area contributed by atoms with Crippen LogP contribution in [-0.4, -0.2) is 44.3 Å². The normalized spacial score (nSPS) is 11.0. The average molecular weight is 408 g/mol. The number of rotatable bonds is 4. The van der Waals surface area contributed by atoms with Crippen LogP contribution in [0.2, 0.25) is 0 Å². The molecule has 10 heteroatoms. The first kappa shape index (κ1) is 21.9. The maximum atomic E-state index is 10.6. The number of carbonyl (C=O) groups is 1. The van der Waals surface area contributed by atoms with E-state index >= 15 is 0 Å². The van der Waals surface area contributed by atoms with Gasteiger partial charge in [0.2, 0.25) is 0 Å². The first-order valence-corrected chi connectivity index (χ1v) is 8.42. The predicted molar refractivity (Wildman–Crippen MR) is 99.4 cm³/mol. The molecule has 0 aliphatic rings. The average Bonchev–Trinajstić information content (AvgIpc) is 3.18. The van der Waals surface area contributed by atoms with E-state index in [0.717, 1.165) is 34.1 Å². The third kappa shape index (κ3) is 6.03. The molecule has 3 aromatic heterocycles. The van der Waals surface area contributed by atoms with Crippen molar-refractivity contribution in [3.63, 3.8) is 0 Å². The Labute approximate surface area is 164 Å². The van der Waals surface area contributed by atoms with E-state index < -0.39 is 12.1 Å². The number of aliphatic carboxylic acids is 1. The zero-order chi connectivity index (χ0) is 21.6. The highest BCUT2D eigenvalue weighted by atomic mass is 19.4. The zero-order valence-electron chi connectivity index (χ0n) is 15.9. The van der Waals surface area contributed by atoms with Gasteiger partial charge in [0.1, 0.15) is 11.4 Å². The van der Waals surface area contributed by atoms with Crippen molar-refractivity contribution in [2.45, 2.75) is 25.9 Å². The molecule has 0 atom stereocenters. The molecule has 0 saturated heterocycles. The maximum Gasteiger partial charge on any atom is 0.490 e. The van der Waals surface area contributed by atoms with E-state index in [0.29, 0.717) is 5.92 Å². The van der Waals surface area contributed by atoms with Crippen molar-refractivity contribution in [2.75, 3.05) is 7.11 Å². The predicted octanol–water partition coefficient (Wildman–Crippen LogP) is 4.30. The van der Waals surface area contributed by atoms with E-state index in [2.05, 4.69) is 33.8 Å². The number of aromatic nitrogens is 4. The fourth-order valence-corrected chi connectivity index (χ4v) is 2.19. The smallest absolute Gasteiger partial charge is 0.490 e. The Kier molecular flexibility index (Phi) is 6.92. The molecule has 0 radical (unpaired) electrons. The summed E-state index contributed by atoms with van der Waals surface area (Å²) in [5, 5.41) is 7.12. The van der Waals surface area contributed by atoms with Crippen LogP contribution >= 0.6 is 0 Å². The SMILES string of the molecule is COc1cncc(-c2ccnc(-c3ncc(C(C)C)[nH]3)c2)c1.O=C(O)C(F)(F)F. The minimum absolute atomic E-state index is 0.409. The number of H-pyrrole nitrogens is 1. The van der Waals surface area contributed by atoms with Gasteiger partial charge in [0.25, 0.3) is 0 Å². The Balaban J connectivity index is 0.000000370. The van der Waals surface area contributed by atoms with Gasteiger partial charge in [-0.2, -0.15) is 13.2 Å². The van der Waals surface area contributed by atoms with Gasteiger partial charge >= 0.3 is 12.1 Å². The van der Waals surface area contributed by atoms with Crippen LogP contribution in [0.15, 0.2) is 43.0 Å². The summed E-state index contributed by atoms with van der Waals surface area (Å²) in [4.78, 5) is 25.2. The summed E-state index contributed by atoms with van der Waals surface area (Å²) in [6, 6.07) is 5.90. The summed E-state index contributed by atoms with van der Waals surface area (Å²) in [7, 11) is 1.63. The molecule has 0 unspecified atom stereocenters. The van der Waals surface area contributed by atoms with Crippen molar-refractivity contribution in [3.05, 3.63) is 48.7 Å². The standard InChI is InChI=1S/C17H18N4O.C2HF3O2/c1-11(2)16-10-20-17(21-16)15-7-12(4-5-19-15)13-6-14(22-3)9-18-8-13;3-2(4,5)1(6)7/h4-11H,1-3H3,(H,20,21);(H,6,7). The number of imidazole rings is 1. The number of hydrogen-bond donors (Lipinski definition) is 2. The number of nitrogens with zero attached hydrogens (tertiary/aromatic N) is 3. The van der Waals surface area contributed by atoms with Crippen molar-refractivity contribution in [1.82, 2.24) is 19.9 Å². The fraction of sp³-hybridized carbons (Fsp3) is 0.263. The highest BCUT2D eigenvalue weighted by Crippen LogP contribution is 2.25. The third-order valence-electron chi connectivity index (χ3n) is 3.74. The number of hydrogen-bond acceptors (Lipinski definition) is 5. The Hall–Kier alpha value is -3.43. The van der Waals surface area contributed by atoms with E-state index in [9.17, 15) is 13.2 Å². The molecule has 0 spiro atoms. The van der Waals surface area contributed by atoms with Gasteiger partial charge in [0, 0.05) is 29.8 Å². The highest BCUT2D eigenvalue weighted by molar-refractivity contribution is 5.73. The largest absolute Gasteiger partial charge is 0.495 e. The number of ether oxygens (including phenoxy) is 1. The van der Waals surface area contributed by atoms with Crippen molar-refractivity contribution in [2.24, 2.45) is 0 Å². The number of carboxylic acids is 1. The van der Waals surface area contributed by atoms with Crippen molar-refractivity contribution in [3.8, 4) is 28.4 Å². The van der Waals surface area contributed by atoms with E-state index in [1.807, 2.05) is 30.6 Å². The van der Waals surface area contributed by atoms with Gasteiger partial charge in [0.05, 0.1) is 13.3 Å². The highest BCUT2D eigenvalue weighted by Gasteiger charge is 2.38. The lowest BCUT2D eigenvalue weighted by Gasteiger charge is -2.05. The molecule has 3 heterocycles. The molecule has 3 aromatic rings. The molecule has 0 aliphatic heterocycles. The molecule has 2 N–H and O–H groups in total. The summed E-state index contributed by atoms with van der Waals surface area (Å²) in [5.41, 5.74) is 3.93. The number of aromatic amines is 1. The molecule has 7 nitrogen and oxygen atoms in total. The molecule has 0 saturated carbocycles. The lowest BCUT2D eigenvalue weighted by atomic mass is 10.1. The van der Waals surface area contributed by atoms with Crippen molar-refractivity contribution in [1.29, 1.82) is 0 Å². The molecule has 0 aromatic carbocycles. The van der Waals surface area contributed by atoms with E-state index in [-0.39, 0.29) is 0 Å². The number of nitrogens with one attached hydrogen (secondary N) is 1. The van der Waals surface area contributed by atoms with Crippen molar-refractivity contribution >= 4 is 5.97 Å². The topological polar surface area (TPSA) is 101 Å².